The summed E-state index contributed by atoms with van der Waals surface area (Å²) in [6.07, 6.45) is 9.21. The van der Waals surface area contributed by atoms with Crippen molar-refractivity contribution in [2.45, 2.75) is 63.5 Å². The van der Waals surface area contributed by atoms with Crippen LogP contribution in [0.3, 0.4) is 0 Å². The van der Waals surface area contributed by atoms with E-state index in [0.717, 1.165) is 30.6 Å². The molecule has 3 N–H and O–H groups in total. The summed E-state index contributed by atoms with van der Waals surface area (Å²) in [6, 6.07) is 2.37. The van der Waals surface area contributed by atoms with Crippen LogP contribution >= 0.6 is 11.3 Å². The van der Waals surface area contributed by atoms with Crippen molar-refractivity contribution < 1.29 is 4.79 Å². The van der Waals surface area contributed by atoms with E-state index in [1.54, 1.807) is 11.3 Å². The van der Waals surface area contributed by atoms with E-state index in [1.165, 1.54) is 36.1 Å². The van der Waals surface area contributed by atoms with Gasteiger partial charge in [0.1, 0.15) is 0 Å². The molecule has 3 rings (SSSR count). The predicted molar refractivity (Wildman–Crippen MR) is 78.7 cm³/mol. The average Bonchev–Trinajstić information content (AvgIpc) is 2.91. The monoisotopic (exact) mass is 278 g/mol. The van der Waals surface area contributed by atoms with Gasteiger partial charge in [-0.25, -0.2) is 0 Å². The number of nitrogens with two attached hydrogens (primary N) is 1. The maximum atomic E-state index is 12.3. The lowest BCUT2D eigenvalue weighted by atomic mass is 10.0. The van der Waals surface area contributed by atoms with Crippen molar-refractivity contribution in [1.29, 1.82) is 0 Å². The molecule has 0 spiro atoms. The molecule has 0 bridgehead atoms. The summed E-state index contributed by atoms with van der Waals surface area (Å²) < 4.78 is 0. The molecule has 4 heteroatoms. The topological polar surface area (TPSA) is 55.1 Å². The van der Waals surface area contributed by atoms with Crippen LogP contribution in [0.2, 0.25) is 0 Å². The van der Waals surface area contributed by atoms with E-state index >= 15 is 0 Å². The largest absolute Gasteiger partial charge is 0.347 e. The summed E-state index contributed by atoms with van der Waals surface area (Å²) in [4.78, 5) is 14.6. The molecule has 2 unspecified atom stereocenters. The van der Waals surface area contributed by atoms with E-state index in [2.05, 4.69) is 11.4 Å². The smallest absolute Gasteiger partial charge is 0.261 e. The normalized spacial score (nSPS) is 26.8. The Balaban J connectivity index is 1.66. The van der Waals surface area contributed by atoms with Crippen molar-refractivity contribution in [3.8, 4) is 0 Å². The third kappa shape index (κ3) is 2.84. The molecular weight excluding hydrogens is 256 g/mol. The van der Waals surface area contributed by atoms with Crippen LogP contribution < -0.4 is 11.1 Å². The van der Waals surface area contributed by atoms with Gasteiger partial charge in [-0.1, -0.05) is 19.3 Å². The second-order valence-electron chi connectivity index (χ2n) is 5.79. The van der Waals surface area contributed by atoms with Crippen molar-refractivity contribution in [1.82, 2.24) is 5.32 Å². The molecule has 0 saturated heterocycles. The molecule has 2 atom stereocenters. The van der Waals surface area contributed by atoms with Gasteiger partial charge in [0, 0.05) is 17.0 Å². The lowest BCUT2D eigenvalue weighted by Gasteiger charge is -2.22. The van der Waals surface area contributed by atoms with Crippen LogP contribution in [0.1, 0.15) is 58.6 Å². The molecule has 2 aliphatic carbocycles. The van der Waals surface area contributed by atoms with Gasteiger partial charge in [-0.2, -0.15) is 0 Å². The number of nitrogens with one attached hydrogen (secondary N) is 1. The van der Waals surface area contributed by atoms with Crippen LogP contribution in [0.15, 0.2) is 6.07 Å². The average molecular weight is 278 g/mol. The highest BCUT2D eigenvalue weighted by atomic mass is 32.1. The van der Waals surface area contributed by atoms with Crippen LogP contribution in [0, 0.1) is 0 Å². The van der Waals surface area contributed by atoms with Gasteiger partial charge >= 0.3 is 0 Å². The van der Waals surface area contributed by atoms with Gasteiger partial charge in [0.15, 0.2) is 0 Å². The molecule has 1 amide bonds. The van der Waals surface area contributed by atoms with Crippen LogP contribution in [0.5, 0.6) is 0 Å². The predicted octanol–water partition coefficient (Wildman–Crippen LogP) is 2.63. The number of hydrogen-bond acceptors (Lipinski definition) is 3. The molecule has 1 aromatic heterocycles. The molecule has 2 aliphatic rings. The Morgan fingerprint density at radius 3 is 2.89 bits per heavy atom. The molecule has 3 nitrogen and oxygen atoms in total. The zero-order chi connectivity index (χ0) is 13.2. The highest BCUT2D eigenvalue weighted by Crippen LogP contribution is 2.30. The Morgan fingerprint density at radius 1 is 1.21 bits per heavy atom. The first-order chi connectivity index (χ1) is 9.24. The maximum absolute atomic E-state index is 12.3. The molecule has 0 radical (unpaired) electrons. The second-order valence-corrected chi connectivity index (χ2v) is 6.93. The van der Waals surface area contributed by atoms with Gasteiger partial charge in [0.25, 0.3) is 5.91 Å². The summed E-state index contributed by atoms with van der Waals surface area (Å²) in [7, 11) is 0. The fourth-order valence-corrected chi connectivity index (χ4v) is 4.35. The number of thiophene rings is 1. The van der Waals surface area contributed by atoms with E-state index < -0.39 is 0 Å². The van der Waals surface area contributed by atoms with Gasteiger partial charge < -0.3 is 11.1 Å². The second kappa shape index (κ2) is 5.63. The molecule has 0 aromatic carbocycles. The molecule has 1 saturated carbocycles. The minimum atomic E-state index is 0.0850. The Hall–Kier alpha value is -0.870. The van der Waals surface area contributed by atoms with Gasteiger partial charge in [-0.15, -0.1) is 11.3 Å². The van der Waals surface area contributed by atoms with Crippen LogP contribution in [-0.2, 0) is 12.8 Å². The van der Waals surface area contributed by atoms with Gasteiger partial charge in [-0.3, -0.25) is 4.79 Å². The van der Waals surface area contributed by atoms with Gasteiger partial charge in [-0.05, 0) is 43.7 Å². The third-order valence-corrected chi connectivity index (χ3v) is 5.59. The summed E-state index contributed by atoms with van der Waals surface area (Å²) >= 11 is 1.67. The fourth-order valence-electron chi connectivity index (χ4n) is 3.20. The Morgan fingerprint density at radius 2 is 2.05 bits per heavy atom. The van der Waals surface area contributed by atoms with Crippen molar-refractivity contribution in [3.05, 3.63) is 21.4 Å². The minimum absolute atomic E-state index is 0.0850. The number of carbonyl (C=O) groups excluding carboxylic acids is 1. The summed E-state index contributed by atoms with van der Waals surface area (Å²) in [5.74, 6) is 0.0850. The molecule has 1 aromatic rings. The molecule has 19 heavy (non-hydrogen) atoms. The van der Waals surface area contributed by atoms with Crippen LogP contribution in [0.4, 0.5) is 0 Å². The first-order valence-electron chi connectivity index (χ1n) is 7.42. The zero-order valence-corrected chi connectivity index (χ0v) is 12.1. The highest BCUT2D eigenvalue weighted by molar-refractivity contribution is 7.14. The first-order valence-corrected chi connectivity index (χ1v) is 8.24. The Labute approximate surface area is 118 Å². The van der Waals surface area contributed by atoms with Crippen molar-refractivity contribution in [3.63, 3.8) is 0 Å². The van der Waals surface area contributed by atoms with E-state index in [-0.39, 0.29) is 18.0 Å². The zero-order valence-electron chi connectivity index (χ0n) is 11.3. The van der Waals surface area contributed by atoms with E-state index in [1.807, 2.05) is 0 Å². The quantitative estimate of drug-likeness (QED) is 0.817. The molecule has 1 fully saturated rings. The summed E-state index contributed by atoms with van der Waals surface area (Å²) in [6.45, 7) is 0. The molecule has 0 aliphatic heterocycles. The summed E-state index contributed by atoms with van der Waals surface area (Å²) in [5.41, 5.74) is 7.56. The first kappa shape index (κ1) is 13.1. The van der Waals surface area contributed by atoms with E-state index in [4.69, 9.17) is 5.73 Å². The number of hydrogen-bond donors (Lipinski definition) is 2. The van der Waals surface area contributed by atoms with Crippen LogP contribution in [-0.4, -0.2) is 18.0 Å². The summed E-state index contributed by atoms with van der Waals surface area (Å²) in [5, 5.41) is 3.16. The fraction of sp³-hybridized carbons (Fsp3) is 0.667. The number of amides is 1. The number of aryl methyl sites for hydroxylation is 2. The standard InChI is InChI=1S/C15H22N2OS/c16-11-6-2-1-3-7-12(11)17-15(18)14-9-10-5-4-8-13(10)19-14/h9,11-12H,1-8,16H2,(H,17,18). The molecule has 1 heterocycles. The van der Waals surface area contributed by atoms with Gasteiger partial charge in [0.05, 0.1) is 4.88 Å². The van der Waals surface area contributed by atoms with Gasteiger partial charge in [0.2, 0.25) is 0 Å². The minimum Gasteiger partial charge on any atom is -0.347 e. The maximum Gasteiger partial charge on any atom is 0.261 e. The molecule has 104 valence electrons. The van der Waals surface area contributed by atoms with E-state index in [0.29, 0.717) is 0 Å². The lowest BCUT2D eigenvalue weighted by molar-refractivity contribution is 0.0933. The van der Waals surface area contributed by atoms with Crippen molar-refractivity contribution >= 4 is 17.2 Å². The molecular formula is C15H22N2OS. The SMILES string of the molecule is NC1CCCCCC1NC(=O)c1cc2c(s1)CCC2. The Bertz CT molecular complexity index is 447. The van der Waals surface area contributed by atoms with Crippen molar-refractivity contribution in [2.75, 3.05) is 0 Å². The lowest BCUT2D eigenvalue weighted by Crippen LogP contribution is -2.46. The number of carbonyl (C=O) groups is 1. The van der Waals surface area contributed by atoms with E-state index in [9.17, 15) is 4.79 Å². The Kier molecular flexibility index (Phi) is 3.89. The van der Waals surface area contributed by atoms with Crippen LogP contribution in [0.25, 0.3) is 0 Å². The highest BCUT2D eigenvalue weighted by Gasteiger charge is 2.24. The number of fused-ring (bicyclic) bond motifs is 1. The van der Waals surface area contributed by atoms with Crippen molar-refractivity contribution in [2.24, 2.45) is 5.73 Å². The third-order valence-electron chi connectivity index (χ3n) is 4.36. The number of rotatable bonds is 2.